The second-order valence-electron chi connectivity index (χ2n) is 13.5. The van der Waals surface area contributed by atoms with E-state index in [2.05, 4.69) is 65.5 Å². The number of imidazole rings is 2. The van der Waals surface area contributed by atoms with Crippen molar-refractivity contribution >= 4 is 0 Å². The third kappa shape index (κ3) is 4.61. The van der Waals surface area contributed by atoms with Crippen molar-refractivity contribution in [3.8, 4) is 34.7 Å². The first kappa shape index (κ1) is 30.1. The molecule has 0 radical (unpaired) electrons. The quantitative estimate of drug-likeness (QED) is 0.229. The fourth-order valence-electron chi connectivity index (χ4n) is 8.74. The summed E-state index contributed by atoms with van der Waals surface area (Å²) in [6, 6.07) is 24.8. The molecule has 2 N–H and O–H groups in total. The van der Waals surface area contributed by atoms with E-state index in [0.29, 0.717) is 22.5 Å². The van der Waals surface area contributed by atoms with Crippen molar-refractivity contribution in [2.24, 2.45) is 11.8 Å². The van der Waals surface area contributed by atoms with Gasteiger partial charge in [-0.15, -0.1) is 0 Å². The molecule has 0 fully saturated rings. The Bertz CT molecular complexity index is 2200. The summed E-state index contributed by atoms with van der Waals surface area (Å²) in [5.41, 5.74) is 11.5. The van der Waals surface area contributed by atoms with Crippen molar-refractivity contribution in [2.75, 3.05) is 0 Å². The van der Waals surface area contributed by atoms with Gasteiger partial charge in [0.05, 0.1) is 71.0 Å². The summed E-state index contributed by atoms with van der Waals surface area (Å²) in [4.78, 5) is 17.4. The lowest BCUT2D eigenvalue weighted by Crippen LogP contribution is -2.29. The van der Waals surface area contributed by atoms with Crippen LogP contribution in [0.2, 0.25) is 0 Å². The molecule has 0 unspecified atom stereocenters. The number of aryl methyl sites for hydroxylation is 2. The highest BCUT2D eigenvalue weighted by Gasteiger charge is 2.42. The van der Waals surface area contributed by atoms with E-state index < -0.39 is 12.2 Å². The Morgan fingerprint density at radius 2 is 1.06 bits per heavy atom. The molecule has 2 aromatic carbocycles. The summed E-state index contributed by atoms with van der Waals surface area (Å²) in [6.45, 7) is 0. The number of pyridine rings is 2. The first-order valence-corrected chi connectivity index (χ1v) is 16.9. The molecule has 4 aromatic heterocycles. The van der Waals surface area contributed by atoms with E-state index in [9.17, 15) is 10.2 Å². The molecule has 0 saturated heterocycles. The van der Waals surface area contributed by atoms with E-state index in [1.54, 1.807) is 12.4 Å². The van der Waals surface area contributed by atoms with Gasteiger partial charge in [-0.3, -0.25) is 9.97 Å². The van der Waals surface area contributed by atoms with Crippen molar-refractivity contribution in [1.29, 1.82) is 10.5 Å². The summed E-state index contributed by atoms with van der Waals surface area (Å²) in [5, 5.41) is 40.2. The topological polar surface area (TPSA) is 149 Å². The molecule has 2 aliphatic carbocycles. The standard InChI is InChI=1S/2C20H16N4O/c2*21-8-12-7-13-5-6-16(20(25)18(13)23-9-12)19-15-4-2-1-3-14(15)17-10-22-11-24(17)19/h2*1-4,7,9-11,16,19-20,25H,5-6H2/t16-,19+,20+;16-,19+,20-/m00/s1. The first-order valence-electron chi connectivity index (χ1n) is 16.9. The number of nitrogens with zero attached hydrogens (tertiary/aromatic N) is 8. The fraction of sp³-hybridized carbons (Fsp3) is 0.250. The number of fused-ring (bicyclic) bond motifs is 8. The number of aliphatic hydroxyl groups excluding tert-OH is 2. The number of rotatable bonds is 2. The van der Waals surface area contributed by atoms with E-state index in [1.807, 2.05) is 61.4 Å². The number of aliphatic hydroxyl groups is 2. The number of hydrogen-bond donors (Lipinski definition) is 2. The van der Waals surface area contributed by atoms with Gasteiger partial charge in [0.2, 0.25) is 0 Å². The number of hydrogen-bond acceptors (Lipinski definition) is 8. The zero-order chi connectivity index (χ0) is 33.9. The van der Waals surface area contributed by atoms with Crippen LogP contribution in [0.3, 0.4) is 0 Å². The molecule has 6 atom stereocenters. The Morgan fingerprint density at radius 1 is 0.620 bits per heavy atom. The minimum Gasteiger partial charge on any atom is -0.386 e. The zero-order valence-electron chi connectivity index (χ0n) is 27.0. The SMILES string of the molecule is N#Cc1cnc2c(c1)CC[C@@H]([C@H]1c3ccccc3-c3cncn31)[C@@H]2O.N#Cc1cnc2c(c1)CC[C@@H]([C@H]1c3ccccc3-c3cncn31)[C@H]2O. The number of aromatic nitrogens is 6. The molecule has 50 heavy (non-hydrogen) atoms. The predicted octanol–water partition coefficient (Wildman–Crippen LogP) is 6.03. The second-order valence-corrected chi connectivity index (χ2v) is 13.5. The highest BCUT2D eigenvalue weighted by atomic mass is 16.3. The van der Waals surface area contributed by atoms with Gasteiger partial charge in [0.25, 0.3) is 0 Å². The van der Waals surface area contributed by atoms with Crippen molar-refractivity contribution in [3.63, 3.8) is 0 Å². The molecule has 0 saturated carbocycles. The molecular formula is C40H32N8O2. The van der Waals surface area contributed by atoms with Gasteiger partial charge in [-0.2, -0.15) is 10.5 Å². The molecule has 4 aliphatic rings. The maximum Gasteiger partial charge on any atom is 0.101 e. The van der Waals surface area contributed by atoms with E-state index >= 15 is 0 Å². The van der Waals surface area contributed by atoms with Crippen LogP contribution in [0.15, 0.2) is 98.1 Å². The van der Waals surface area contributed by atoms with E-state index in [0.717, 1.165) is 48.2 Å². The first-order chi connectivity index (χ1) is 24.6. The van der Waals surface area contributed by atoms with Crippen LogP contribution in [-0.2, 0) is 12.8 Å². The van der Waals surface area contributed by atoms with Gasteiger partial charge in [0.15, 0.2) is 0 Å². The Morgan fingerprint density at radius 3 is 1.50 bits per heavy atom. The number of benzene rings is 2. The van der Waals surface area contributed by atoms with Gasteiger partial charge in [0, 0.05) is 35.4 Å². The van der Waals surface area contributed by atoms with Crippen LogP contribution >= 0.6 is 0 Å². The molecular weight excluding hydrogens is 624 g/mol. The molecule has 10 heteroatoms. The smallest absolute Gasteiger partial charge is 0.101 e. The maximum atomic E-state index is 11.1. The Labute approximate surface area is 288 Å². The average Bonchev–Trinajstić information content (AvgIpc) is 3.95. The van der Waals surface area contributed by atoms with Crippen LogP contribution in [0, 0.1) is 34.5 Å². The molecule has 6 heterocycles. The normalized spacial score (nSPS) is 23.4. The highest BCUT2D eigenvalue weighted by Crippen LogP contribution is 2.51. The minimum atomic E-state index is -0.650. The molecule has 6 aromatic rings. The highest BCUT2D eigenvalue weighted by molar-refractivity contribution is 5.70. The van der Waals surface area contributed by atoms with Crippen molar-refractivity contribution in [2.45, 2.75) is 50.0 Å². The monoisotopic (exact) mass is 656 g/mol. The summed E-state index contributed by atoms with van der Waals surface area (Å²) in [6.07, 6.45) is 12.6. The lowest BCUT2D eigenvalue weighted by molar-refractivity contribution is 0.0678. The van der Waals surface area contributed by atoms with Gasteiger partial charge in [0.1, 0.15) is 24.3 Å². The molecule has 10 rings (SSSR count). The zero-order valence-corrected chi connectivity index (χ0v) is 27.0. The van der Waals surface area contributed by atoms with Crippen LogP contribution in [0.4, 0.5) is 0 Å². The molecule has 0 amide bonds. The predicted molar refractivity (Wildman–Crippen MR) is 183 cm³/mol. The molecule has 10 nitrogen and oxygen atoms in total. The van der Waals surface area contributed by atoms with Gasteiger partial charge >= 0.3 is 0 Å². The van der Waals surface area contributed by atoms with E-state index in [4.69, 9.17) is 10.5 Å². The van der Waals surface area contributed by atoms with E-state index in [1.165, 1.54) is 22.3 Å². The van der Waals surface area contributed by atoms with Crippen LogP contribution < -0.4 is 0 Å². The van der Waals surface area contributed by atoms with Crippen LogP contribution in [0.1, 0.15) is 81.9 Å². The van der Waals surface area contributed by atoms with Gasteiger partial charge < -0.3 is 19.3 Å². The van der Waals surface area contributed by atoms with E-state index in [-0.39, 0.29) is 23.9 Å². The van der Waals surface area contributed by atoms with Gasteiger partial charge in [-0.1, -0.05) is 48.5 Å². The molecule has 2 aliphatic heterocycles. The lowest BCUT2D eigenvalue weighted by atomic mass is 9.77. The van der Waals surface area contributed by atoms with Gasteiger partial charge in [-0.05, 0) is 60.1 Å². The summed E-state index contributed by atoms with van der Waals surface area (Å²) < 4.78 is 4.35. The Balaban J connectivity index is 0.000000135. The van der Waals surface area contributed by atoms with Crippen molar-refractivity contribution < 1.29 is 10.2 Å². The fourth-order valence-corrected chi connectivity index (χ4v) is 8.74. The summed E-state index contributed by atoms with van der Waals surface area (Å²) in [5.74, 6) is 0.0640. The Hall–Kier alpha value is -5.94. The molecule has 244 valence electrons. The summed E-state index contributed by atoms with van der Waals surface area (Å²) >= 11 is 0. The molecule has 0 bridgehead atoms. The van der Waals surface area contributed by atoms with Crippen molar-refractivity contribution in [3.05, 3.63) is 143 Å². The second kappa shape index (κ2) is 11.9. The summed E-state index contributed by atoms with van der Waals surface area (Å²) in [7, 11) is 0. The lowest BCUT2D eigenvalue weighted by Gasteiger charge is -2.34. The Kier molecular flexibility index (Phi) is 7.16. The largest absolute Gasteiger partial charge is 0.386 e. The van der Waals surface area contributed by atoms with Crippen LogP contribution in [-0.4, -0.2) is 39.3 Å². The van der Waals surface area contributed by atoms with Gasteiger partial charge in [-0.25, -0.2) is 9.97 Å². The van der Waals surface area contributed by atoms with Crippen LogP contribution in [0.25, 0.3) is 22.5 Å². The molecule has 0 spiro atoms. The maximum absolute atomic E-state index is 11.1. The average molecular weight is 657 g/mol. The third-order valence-corrected chi connectivity index (χ3v) is 11.0. The third-order valence-electron chi connectivity index (χ3n) is 11.0. The number of nitriles is 2. The minimum absolute atomic E-state index is 0.0320. The van der Waals surface area contributed by atoms with Crippen LogP contribution in [0.5, 0.6) is 0 Å². The van der Waals surface area contributed by atoms with Crippen molar-refractivity contribution in [1.82, 2.24) is 29.1 Å².